The van der Waals surface area contributed by atoms with Crippen LogP contribution in [0.5, 0.6) is 0 Å². The molecular formula is C18H20F2N6O2. The highest BCUT2D eigenvalue weighted by molar-refractivity contribution is 5.86. The number of nitrogens with one attached hydrogen (secondary N) is 2. The van der Waals surface area contributed by atoms with Crippen LogP contribution in [0.25, 0.3) is 0 Å². The lowest BCUT2D eigenvalue weighted by molar-refractivity contribution is 0.230. The maximum atomic E-state index is 14.2. The van der Waals surface area contributed by atoms with Crippen molar-refractivity contribution in [3.63, 3.8) is 0 Å². The zero-order chi connectivity index (χ0) is 20.1. The number of carbonyl (C=O) groups is 1. The molecule has 3 rings (SSSR count). The molecule has 0 spiro atoms. The van der Waals surface area contributed by atoms with Crippen LogP contribution in [0.2, 0.25) is 0 Å². The first-order valence-electron chi connectivity index (χ1n) is 8.86. The number of carbonyl (C=O) groups excluding carboxylic acids is 1. The van der Waals surface area contributed by atoms with E-state index in [9.17, 15) is 13.6 Å². The lowest BCUT2D eigenvalue weighted by atomic mass is 10.1. The van der Waals surface area contributed by atoms with Gasteiger partial charge in [0.2, 0.25) is 0 Å². The first-order valence-corrected chi connectivity index (χ1v) is 8.86. The molecule has 0 radical (unpaired) electrons. The normalized spacial score (nSPS) is 14.6. The first kappa shape index (κ1) is 19.6. The summed E-state index contributed by atoms with van der Waals surface area (Å²) in [4.78, 5) is 19.2. The van der Waals surface area contributed by atoms with Crippen molar-refractivity contribution in [1.82, 2.24) is 15.2 Å². The Labute approximate surface area is 160 Å². The summed E-state index contributed by atoms with van der Waals surface area (Å²) in [6, 6.07) is 3.55. The molecule has 1 aliphatic rings. The molecule has 28 heavy (non-hydrogen) atoms. The summed E-state index contributed by atoms with van der Waals surface area (Å²) in [5.74, 6) is -0.890. The second-order valence-electron chi connectivity index (χ2n) is 6.28. The van der Waals surface area contributed by atoms with Gasteiger partial charge in [0, 0.05) is 32.7 Å². The number of urea groups is 1. The minimum absolute atomic E-state index is 0.0419. The van der Waals surface area contributed by atoms with Crippen LogP contribution in [0.3, 0.4) is 0 Å². The van der Waals surface area contributed by atoms with E-state index in [1.165, 1.54) is 6.20 Å². The van der Waals surface area contributed by atoms with Crippen molar-refractivity contribution in [2.75, 3.05) is 42.9 Å². The van der Waals surface area contributed by atoms with Crippen LogP contribution in [0.4, 0.5) is 25.3 Å². The van der Waals surface area contributed by atoms with Gasteiger partial charge in [-0.2, -0.15) is 5.26 Å². The third kappa shape index (κ3) is 4.55. The average Bonchev–Trinajstić information content (AvgIpc) is 3.09. The van der Waals surface area contributed by atoms with E-state index in [1.807, 2.05) is 0 Å². The van der Waals surface area contributed by atoms with E-state index in [0.717, 1.165) is 12.1 Å². The van der Waals surface area contributed by atoms with E-state index >= 15 is 0 Å². The van der Waals surface area contributed by atoms with Crippen LogP contribution >= 0.6 is 0 Å². The zero-order valence-electron chi connectivity index (χ0n) is 15.3. The maximum Gasteiger partial charge on any atom is 0.322 e. The van der Waals surface area contributed by atoms with E-state index < -0.39 is 17.7 Å². The summed E-state index contributed by atoms with van der Waals surface area (Å²) in [5, 5.41) is 13.9. The van der Waals surface area contributed by atoms with Crippen molar-refractivity contribution in [3.8, 4) is 6.07 Å². The van der Waals surface area contributed by atoms with Gasteiger partial charge in [-0.05, 0) is 19.1 Å². The highest BCUT2D eigenvalue weighted by atomic mass is 19.1. The third-order valence-electron chi connectivity index (χ3n) is 4.33. The second kappa shape index (κ2) is 8.67. The van der Waals surface area contributed by atoms with Crippen LogP contribution in [0.1, 0.15) is 18.2 Å². The number of halogens is 2. The fourth-order valence-corrected chi connectivity index (χ4v) is 3.02. The number of piperazine rings is 1. The molecule has 2 N–H and O–H groups in total. The van der Waals surface area contributed by atoms with Gasteiger partial charge >= 0.3 is 12.0 Å². The van der Waals surface area contributed by atoms with Crippen LogP contribution in [-0.4, -0.2) is 48.6 Å². The zero-order valence-corrected chi connectivity index (χ0v) is 15.3. The number of hydrogen-bond donors (Lipinski definition) is 2. The minimum Gasteiger partial charge on any atom is -0.427 e. The van der Waals surface area contributed by atoms with E-state index in [4.69, 9.17) is 9.68 Å². The molecule has 1 saturated heterocycles. The molecule has 0 saturated carbocycles. The lowest BCUT2D eigenvalue weighted by Gasteiger charge is -2.35. The fraction of sp³-hybridized carbons (Fsp3) is 0.389. The second-order valence-corrected chi connectivity index (χ2v) is 6.28. The van der Waals surface area contributed by atoms with Gasteiger partial charge in [-0.1, -0.05) is 0 Å². The van der Waals surface area contributed by atoms with E-state index in [0.29, 0.717) is 45.0 Å². The van der Waals surface area contributed by atoms with Crippen molar-refractivity contribution in [3.05, 3.63) is 41.3 Å². The molecule has 1 aliphatic heterocycles. The highest BCUT2D eigenvalue weighted by Gasteiger charge is 2.24. The number of aromatic nitrogens is 1. The molecule has 1 aromatic heterocycles. The topological polar surface area (TPSA) is 97.4 Å². The Morgan fingerprint density at radius 1 is 1.29 bits per heavy atom. The molecule has 0 atom stereocenters. The average molecular weight is 390 g/mol. The summed E-state index contributed by atoms with van der Waals surface area (Å²) in [6.07, 6.45) is 1.54. The number of oxazole rings is 1. The molecule has 148 valence electrons. The number of rotatable bonds is 5. The molecular weight excluding hydrogens is 370 g/mol. The largest absolute Gasteiger partial charge is 0.427 e. The lowest BCUT2D eigenvalue weighted by Crippen LogP contribution is -2.46. The molecule has 2 aromatic rings. The Morgan fingerprint density at radius 3 is 2.57 bits per heavy atom. The summed E-state index contributed by atoms with van der Waals surface area (Å²) >= 11 is 0. The summed E-state index contributed by atoms with van der Waals surface area (Å²) in [6.45, 7) is 4.75. The van der Waals surface area contributed by atoms with Crippen LogP contribution in [0.15, 0.2) is 22.7 Å². The molecule has 8 nitrogen and oxygen atoms in total. The van der Waals surface area contributed by atoms with Gasteiger partial charge in [-0.15, -0.1) is 0 Å². The molecule has 0 bridgehead atoms. The standard InChI is InChI=1S/C18H20F2N6O2/c1-2-22-17(27)24-18-23-10-13(28-18)11-25-3-5-26(6-4-25)16-14(19)7-12(9-21)8-15(16)20/h7-8,10H,2-6,11H2,1H3,(H2,22,23,24,27). The predicted octanol–water partition coefficient (Wildman–Crippen LogP) is 2.29. The van der Waals surface area contributed by atoms with Crippen molar-refractivity contribution in [2.45, 2.75) is 13.5 Å². The van der Waals surface area contributed by atoms with Gasteiger partial charge in [-0.3, -0.25) is 10.2 Å². The van der Waals surface area contributed by atoms with Gasteiger partial charge in [0.25, 0.3) is 0 Å². The molecule has 0 aliphatic carbocycles. The van der Waals surface area contributed by atoms with Gasteiger partial charge in [0.15, 0.2) is 11.6 Å². The smallest absolute Gasteiger partial charge is 0.322 e. The van der Waals surface area contributed by atoms with Crippen LogP contribution in [-0.2, 0) is 6.54 Å². The Bertz CT molecular complexity index is 863. The first-order chi connectivity index (χ1) is 13.5. The third-order valence-corrected chi connectivity index (χ3v) is 4.33. The minimum atomic E-state index is -0.735. The van der Waals surface area contributed by atoms with Crippen LogP contribution < -0.4 is 15.5 Å². The Kier molecular flexibility index (Phi) is 6.06. The number of nitrogens with zero attached hydrogens (tertiary/aromatic N) is 4. The SMILES string of the molecule is CCNC(=O)Nc1ncc(CN2CCN(c3c(F)cc(C#N)cc3F)CC2)o1. The molecule has 10 heteroatoms. The number of anilines is 2. The summed E-state index contributed by atoms with van der Waals surface area (Å²) in [5.41, 5.74) is -0.147. The maximum absolute atomic E-state index is 14.2. The fourth-order valence-electron chi connectivity index (χ4n) is 3.02. The molecule has 0 unspecified atom stereocenters. The number of hydrogen-bond acceptors (Lipinski definition) is 6. The van der Waals surface area contributed by atoms with Crippen molar-refractivity contribution in [2.24, 2.45) is 0 Å². The molecule has 1 aromatic carbocycles. The van der Waals surface area contributed by atoms with Crippen LogP contribution in [0, 0.1) is 23.0 Å². The molecule has 1 fully saturated rings. The Balaban J connectivity index is 1.56. The van der Waals surface area contributed by atoms with Crippen molar-refractivity contribution < 1.29 is 18.0 Å². The van der Waals surface area contributed by atoms with E-state index in [2.05, 4.69) is 20.5 Å². The number of benzene rings is 1. The van der Waals surface area contributed by atoms with Crippen molar-refractivity contribution in [1.29, 1.82) is 5.26 Å². The predicted molar refractivity (Wildman–Crippen MR) is 97.8 cm³/mol. The number of nitriles is 1. The van der Waals surface area contributed by atoms with Crippen molar-refractivity contribution >= 4 is 17.7 Å². The van der Waals surface area contributed by atoms with Gasteiger partial charge < -0.3 is 14.6 Å². The molecule has 2 amide bonds. The molecule has 2 heterocycles. The van der Waals surface area contributed by atoms with Gasteiger partial charge in [0.1, 0.15) is 11.4 Å². The monoisotopic (exact) mass is 390 g/mol. The highest BCUT2D eigenvalue weighted by Crippen LogP contribution is 2.26. The van der Waals surface area contributed by atoms with E-state index in [-0.39, 0.29) is 17.3 Å². The quantitative estimate of drug-likeness (QED) is 0.813. The number of amides is 2. The summed E-state index contributed by atoms with van der Waals surface area (Å²) in [7, 11) is 0. The van der Waals surface area contributed by atoms with Gasteiger partial charge in [-0.25, -0.2) is 18.6 Å². The summed E-state index contributed by atoms with van der Waals surface area (Å²) < 4.78 is 33.8. The Morgan fingerprint density at radius 2 is 1.96 bits per heavy atom. The van der Waals surface area contributed by atoms with Gasteiger partial charge in [0.05, 0.1) is 24.4 Å². The Hall–Kier alpha value is -3.19. The van der Waals surface area contributed by atoms with E-state index in [1.54, 1.807) is 17.9 Å².